The van der Waals surface area contributed by atoms with Gasteiger partial charge in [-0.2, -0.15) is 8.42 Å². The van der Waals surface area contributed by atoms with Crippen molar-refractivity contribution in [3.05, 3.63) is 0 Å². The zero-order valence-electron chi connectivity index (χ0n) is 9.68. The van der Waals surface area contributed by atoms with Gasteiger partial charge in [-0.3, -0.25) is 4.55 Å². The molecule has 0 aliphatic carbocycles. The summed E-state index contributed by atoms with van der Waals surface area (Å²) in [6.07, 6.45) is 0. The van der Waals surface area contributed by atoms with Crippen molar-refractivity contribution in [2.24, 2.45) is 0 Å². The van der Waals surface area contributed by atoms with Gasteiger partial charge in [0.2, 0.25) is 0 Å². The maximum atomic E-state index is 13.6. The highest BCUT2D eigenvalue weighted by Crippen LogP contribution is 2.28. The molecule has 3 aliphatic heterocycles. The molecule has 2 bridgehead atoms. The fraction of sp³-hybridized carbons (Fsp3) is 1.00. The minimum Gasteiger partial charge on any atom is -0.418 e. The van der Waals surface area contributed by atoms with Crippen LogP contribution in [0.3, 0.4) is 0 Å². The molecule has 19 heavy (non-hydrogen) atoms. The van der Waals surface area contributed by atoms with Crippen LogP contribution in [-0.2, 0) is 14.7 Å². The molecule has 0 aromatic heterocycles. The van der Waals surface area contributed by atoms with Gasteiger partial charge in [-0.25, -0.2) is 0 Å². The highest BCUT2D eigenvalue weighted by Gasteiger charge is 2.54. The molecule has 3 saturated heterocycles. The van der Waals surface area contributed by atoms with Crippen LogP contribution >= 0.6 is 0 Å². The molecular weight excluding hydrogens is 302 g/mol. The fourth-order valence-electron chi connectivity index (χ4n) is 2.07. The van der Waals surface area contributed by atoms with Crippen molar-refractivity contribution in [2.75, 3.05) is 39.3 Å². The third-order valence-corrected chi connectivity index (χ3v) is 3.48. The van der Waals surface area contributed by atoms with E-state index < -0.39 is 22.4 Å². The number of halogens is 5. The summed E-state index contributed by atoms with van der Waals surface area (Å²) >= 11 is 0. The molecule has 0 unspecified atom stereocenters. The average molecular weight is 315 g/mol. The van der Waals surface area contributed by atoms with Crippen LogP contribution in [0.2, 0.25) is 0 Å². The summed E-state index contributed by atoms with van der Waals surface area (Å²) in [6, 6.07) is 0. The lowest BCUT2D eigenvalue weighted by atomic mass is 10.2. The Hall–Kier alpha value is -0.495. The van der Waals surface area contributed by atoms with E-state index in [0.29, 0.717) is 0 Å². The van der Waals surface area contributed by atoms with E-state index in [1.165, 1.54) is 0 Å². The maximum absolute atomic E-state index is 13.6. The summed E-state index contributed by atoms with van der Waals surface area (Å²) in [5.41, 5.74) is 0. The number of rotatable bonds is 2. The molecule has 6 nitrogen and oxygen atoms in total. The number of hydroxylamine groups is 3. The smallest absolute Gasteiger partial charge is 0.418 e. The molecule has 3 fully saturated rings. The highest BCUT2D eigenvalue weighted by molar-refractivity contribution is 7.80. The van der Waals surface area contributed by atoms with Crippen LogP contribution < -0.4 is 0 Å². The van der Waals surface area contributed by atoms with Crippen LogP contribution in [0.1, 0.15) is 0 Å². The molecule has 3 heterocycles. The van der Waals surface area contributed by atoms with Crippen molar-refractivity contribution in [1.29, 1.82) is 0 Å². The Morgan fingerprint density at radius 1 is 0.947 bits per heavy atom. The lowest BCUT2D eigenvalue weighted by Crippen LogP contribution is -2.72. The predicted molar refractivity (Wildman–Crippen MR) is 53.7 cm³/mol. The number of piperazine rings is 3. The van der Waals surface area contributed by atoms with Gasteiger partial charge in [0.05, 0.1) is 0 Å². The van der Waals surface area contributed by atoms with Crippen molar-refractivity contribution in [2.45, 2.75) is 0 Å². The molecule has 0 spiro atoms. The van der Waals surface area contributed by atoms with E-state index in [-0.39, 0.29) is 43.9 Å². The topological polar surface area (TPSA) is 63.6 Å². The van der Waals surface area contributed by atoms with Gasteiger partial charge in [-0.05, 0) is 8.77 Å². The van der Waals surface area contributed by atoms with Crippen LogP contribution in [0.25, 0.3) is 0 Å². The van der Waals surface area contributed by atoms with Crippen molar-refractivity contribution < 1.29 is 48.3 Å². The molecular formula is C6H13BF5N2O4S+. The van der Waals surface area contributed by atoms with Crippen molar-refractivity contribution in [1.82, 2.24) is 0 Å². The first-order valence-electron chi connectivity index (χ1n) is 5.30. The summed E-state index contributed by atoms with van der Waals surface area (Å²) < 4.78 is 86.3. The molecule has 114 valence electrons. The van der Waals surface area contributed by atoms with Crippen LogP contribution in [0, 0.1) is 0 Å². The van der Waals surface area contributed by atoms with E-state index in [4.69, 9.17) is 4.55 Å². The molecule has 0 aromatic carbocycles. The van der Waals surface area contributed by atoms with Gasteiger partial charge in [-0.15, -0.1) is 9.35 Å². The fourth-order valence-corrected chi connectivity index (χ4v) is 2.69. The Kier molecular flexibility index (Phi) is 4.47. The molecule has 0 radical (unpaired) electrons. The molecule has 1 N–H and O–H groups in total. The molecule has 3 rings (SSSR count). The van der Waals surface area contributed by atoms with Gasteiger partial charge >= 0.3 is 17.7 Å². The number of fused-ring (bicyclic) bond motifs is 3. The summed E-state index contributed by atoms with van der Waals surface area (Å²) in [7, 11) is -10.4. The van der Waals surface area contributed by atoms with E-state index in [1.807, 2.05) is 0 Å². The van der Waals surface area contributed by atoms with Crippen LogP contribution in [-0.4, -0.2) is 68.8 Å². The lowest BCUT2D eigenvalue weighted by Gasteiger charge is -2.45. The molecule has 0 amide bonds. The van der Waals surface area contributed by atoms with Crippen molar-refractivity contribution in [3.63, 3.8) is 0 Å². The number of quaternary nitrogens is 2. The van der Waals surface area contributed by atoms with Gasteiger partial charge in [0, 0.05) is 0 Å². The third kappa shape index (κ3) is 5.99. The van der Waals surface area contributed by atoms with E-state index in [1.54, 1.807) is 0 Å². The summed E-state index contributed by atoms with van der Waals surface area (Å²) in [5.74, 6) is 0. The van der Waals surface area contributed by atoms with E-state index >= 15 is 0 Å². The van der Waals surface area contributed by atoms with E-state index in [9.17, 15) is 30.2 Å². The largest absolute Gasteiger partial charge is 0.673 e. The Morgan fingerprint density at radius 3 is 1.53 bits per heavy atom. The molecule has 13 heteroatoms. The molecule has 0 aromatic rings. The van der Waals surface area contributed by atoms with Crippen LogP contribution in [0.4, 0.5) is 21.7 Å². The first-order chi connectivity index (χ1) is 8.33. The number of hydrogen-bond acceptors (Lipinski definition) is 3. The Balaban J connectivity index is 0.000000312. The maximum Gasteiger partial charge on any atom is 0.673 e. The van der Waals surface area contributed by atoms with Gasteiger partial charge < -0.3 is 17.3 Å². The molecule has 3 aliphatic rings. The zero-order valence-corrected chi connectivity index (χ0v) is 10.5. The van der Waals surface area contributed by atoms with Crippen molar-refractivity contribution in [3.8, 4) is 0 Å². The second-order valence-electron chi connectivity index (χ2n) is 4.43. The quantitative estimate of drug-likeness (QED) is 0.266. The second kappa shape index (κ2) is 5.12. The number of nitrogens with zero attached hydrogens (tertiary/aromatic N) is 2. The van der Waals surface area contributed by atoms with Crippen LogP contribution in [0.15, 0.2) is 0 Å². The summed E-state index contributed by atoms with van der Waals surface area (Å²) in [4.78, 5) is 0. The Bertz CT molecular complexity index is 399. The minimum atomic E-state index is -6.00. The number of hydrogen-bond donors (Lipinski definition) is 1. The minimum absolute atomic E-state index is 0.164. The van der Waals surface area contributed by atoms with Crippen molar-refractivity contribution >= 4 is 17.7 Å². The van der Waals surface area contributed by atoms with Gasteiger partial charge in [0.1, 0.15) is 0 Å². The SMILES string of the molecule is F[B-](F)(F)F.O=S(=O)(O)O[N+]12CC[N+](F)(CC1)CC2. The van der Waals surface area contributed by atoms with E-state index in [2.05, 4.69) is 4.28 Å². The predicted octanol–water partition coefficient (Wildman–Crippen LogP) is 0.566. The van der Waals surface area contributed by atoms with Gasteiger partial charge in [0.15, 0.2) is 39.3 Å². The highest BCUT2D eigenvalue weighted by atomic mass is 32.3. The zero-order chi connectivity index (χ0) is 14.9. The average Bonchev–Trinajstić information content (AvgIpc) is 2.15. The lowest BCUT2D eigenvalue weighted by molar-refractivity contribution is -1.20. The second-order valence-corrected chi connectivity index (χ2v) is 5.43. The Labute approximate surface area is 106 Å². The Morgan fingerprint density at radius 2 is 1.26 bits per heavy atom. The molecule has 0 saturated carbocycles. The third-order valence-electron chi connectivity index (χ3n) is 2.98. The van der Waals surface area contributed by atoms with Gasteiger partial charge in [-0.1, -0.05) is 0 Å². The monoisotopic (exact) mass is 315 g/mol. The first kappa shape index (κ1) is 16.6. The summed E-state index contributed by atoms with van der Waals surface area (Å²) in [6.45, 7) is 1.60. The molecule has 0 atom stereocenters. The van der Waals surface area contributed by atoms with Gasteiger partial charge in [0.25, 0.3) is 0 Å². The first-order valence-corrected chi connectivity index (χ1v) is 6.67. The standard InChI is InChI=1S/C6H12FN2O4S.BF4/c7-8-1-4-9(5-2-8,6-3-8)13-14(10,11)12;2-1(3,4)5/h1-6H2;/q+1;-1/p+1. The summed E-state index contributed by atoms with van der Waals surface area (Å²) in [5, 5.41) is 0. The van der Waals surface area contributed by atoms with E-state index in [0.717, 1.165) is 0 Å². The van der Waals surface area contributed by atoms with Crippen LogP contribution in [0.5, 0.6) is 0 Å². The normalized spacial score (nSPS) is 34.6.